The zero-order valence-corrected chi connectivity index (χ0v) is 14.7. The smallest absolute Gasteiger partial charge is 0.244 e. The van der Waals surface area contributed by atoms with Gasteiger partial charge in [0.25, 0.3) is 0 Å². The summed E-state index contributed by atoms with van der Waals surface area (Å²) in [5.74, 6) is -1.50. The Bertz CT molecular complexity index is 799. The number of amides is 2. The molecule has 2 rings (SSSR count). The summed E-state index contributed by atoms with van der Waals surface area (Å²) in [4.78, 5) is 25.2. The number of carbonyl (C=O) groups is 2. The van der Waals surface area contributed by atoms with Crippen molar-refractivity contribution >= 4 is 58.0 Å². The molecule has 8 heteroatoms. The lowest BCUT2D eigenvalue weighted by molar-refractivity contribution is -0.120. The molecule has 2 amide bonds. The van der Waals surface area contributed by atoms with Gasteiger partial charge in [-0.3, -0.25) is 9.59 Å². The molecular weight excluding hydrogens is 378 g/mol. The first-order chi connectivity index (χ1) is 11.3. The third kappa shape index (κ3) is 4.60. The quantitative estimate of drug-likeness (QED) is 0.818. The number of rotatable bonds is 4. The fraction of sp³-hybridized carbons (Fsp3) is 0.125. The van der Waals surface area contributed by atoms with Crippen LogP contribution in [0.5, 0.6) is 0 Å². The molecule has 0 aliphatic rings. The van der Waals surface area contributed by atoms with Gasteiger partial charge < -0.3 is 10.2 Å². The van der Waals surface area contributed by atoms with Crippen LogP contribution in [0, 0.1) is 5.82 Å². The molecule has 0 aliphatic carbocycles. The summed E-state index contributed by atoms with van der Waals surface area (Å²) >= 11 is 17.6. The summed E-state index contributed by atoms with van der Waals surface area (Å²) in [5.41, 5.74) is 0.635. The summed E-state index contributed by atoms with van der Waals surface area (Å²) in [6.45, 7) is 0.997. The van der Waals surface area contributed by atoms with Gasteiger partial charge in [-0.2, -0.15) is 0 Å². The molecule has 0 radical (unpaired) electrons. The summed E-state index contributed by atoms with van der Waals surface area (Å²) in [6.07, 6.45) is 0. The van der Waals surface area contributed by atoms with Gasteiger partial charge >= 0.3 is 0 Å². The van der Waals surface area contributed by atoms with E-state index in [2.05, 4.69) is 5.32 Å². The van der Waals surface area contributed by atoms with E-state index < -0.39 is 17.6 Å². The van der Waals surface area contributed by atoms with Gasteiger partial charge in [0.15, 0.2) is 0 Å². The highest BCUT2D eigenvalue weighted by Gasteiger charge is 2.18. The lowest BCUT2D eigenvalue weighted by atomic mass is 10.2. The molecule has 0 heterocycles. The molecular formula is C16H12Cl3FN2O2. The van der Waals surface area contributed by atoms with Crippen molar-refractivity contribution in [3.8, 4) is 0 Å². The zero-order valence-electron chi connectivity index (χ0n) is 12.4. The van der Waals surface area contributed by atoms with Crippen LogP contribution in [0.2, 0.25) is 15.1 Å². The van der Waals surface area contributed by atoms with Crippen LogP contribution >= 0.6 is 34.8 Å². The molecule has 0 saturated carbocycles. The second kappa shape index (κ2) is 7.83. The standard InChI is InChI=1S/C16H12Cl3FN2O2/c1-9(23)22(11-3-5-14(20)13(19)7-11)8-16(24)21-15-6-10(17)2-4-12(15)18/h2-7H,8H2,1H3,(H,21,24). The lowest BCUT2D eigenvalue weighted by Gasteiger charge is -2.21. The van der Waals surface area contributed by atoms with Crippen LogP contribution in [0.25, 0.3) is 0 Å². The molecule has 0 unspecified atom stereocenters. The molecule has 1 N–H and O–H groups in total. The van der Waals surface area contributed by atoms with E-state index in [0.29, 0.717) is 21.4 Å². The highest BCUT2D eigenvalue weighted by atomic mass is 35.5. The average Bonchev–Trinajstić information content (AvgIpc) is 2.51. The number of nitrogens with zero attached hydrogens (tertiary/aromatic N) is 1. The first-order valence-corrected chi connectivity index (χ1v) is 7.89. The molecule has 0 aromatic heterocycles. The van der Waals surface area contributed by atoms with Crippen molar-refractivity contribution in [2.75, 3.05) is 16.8 Å². The molecule has 0 fully saturated rings. The third-order valence-corrected chi connectivity index (χ3v) is 3.95. The molecule has 0 bridgehead atoms. The SMILES string of the molecule is CC(=O)N(CC(=O)Nc1cc(Cl)ccc1Cl)c1ccc(F)c(Cl)c1. The van der Waals surface area contributed by atoms with E-state index in [1.54, 1.807) is 12.1 Å². The number of carbonyl (C=O) groups excluding carboxylic acids is 2. The number of hydrogen-bond donors (Lipinski definition) is 1. The van der Waals surface area contributed by atoms with E-state index >= 15 is 0 Å². The average molecular weight is 390 g/mol. The Morgan fingerprint density at radius 1 is 1.08 bits per heavy atom. The van der Waals surface area contributed by atoms with Gasteiger partial charge in [-0.05, 0) is 36.4 Å². The minimum absolute atomic E-state index is 0.142. The fourth-order valence-corrected chi connectivity index (χ4v) is 2.48. The number of anilines is 2. The molecule has 2 aromatic rings. The van der Waals surface area contributed by atoms with Gasteiger partial charge in [0.05, 0.1) is 15.7 Å². The van der Waals surface area contributed by atoms with Crippen molar-refractivity contribution in [2.45, 2.75) is 6.92 Å². The predicted octanol–water partition coefficient (Wildman–Crippen LogP) is 4.78. The second-order valence-corrected chi connectivity index (χ2v) is 6.13. The van der Waals surface area contributed by atoms with Gasteiger partial charge in [-0.15, -0.1) is 0 Å². The van der Waals surface area contributed by atoms with Crippen LogP contribution in [0.1, 0.15) is 6.92 Å². The number of hydrogen-bond acceptors (Lipinski definition) is 2. The summed E-state index contributed by atoms with van der Waals surface area (Å²) in [5, 5.41) is 3.15. The van der Waals surface area contributed by atoms with E-state index in [1.165, 1.54) is 30.0 Å². The molecule has 2 aromatic carbocycles. The van der Waals surface area contributed by atoms with Crippen molar-refractivity contribution in [1.29, 1.82) is 0 Å². The number of benzene rings is 2. The highest BCUT2D eigenvalue weighted by Crippen LogP contribution is 2.26. The van der Waals surface area contributed by atoms with Gasteiger partial charge in [-0.1, -0.05) is 34.8 Å². The van der Waals surface area contributed by atoms with Crippen LogP contribution in [0.4, 0.5) is 15.8 Å². The van der Waals surface area contributed by atoms with Crippen molar-refractivity contribution in [1.82, 2.24) is 0 Å². The van der Waals surface area contributed by atoms with Crippen LogP contribution in [0.3, 0.4) is 0 Å². The predicted molar refractivity (Wildman–Crippen MR) is 94.5 cm³/mol. The molecule has 0 saturated heterocycles. The largest absolute Gasteiger partial charge is 0.323 e. The molecule has 4 nitrogen and oxygen atoms in total. The van der Waals surface area contributed by atoms with Crippen molar-refractivity contribution in [3.05, 3.63) is 57.3 Å². The molecule has 0 spiro atoms. The van der Waals surface area contributed by atoms with E-state index in [0.717, 1.165) is 6.07 Å². The second-order valence-electron chi connectivity index (χ2n) is 4.88. The maximum absolute atomic E-state index is 13.3. The Balaban J connectivity index is 2.18. The first-order valence-electron chi connectivity index (χ1n) is 6.76. The van der Waals surface area contributed by atoms with Crippen molar-refractivity contribution < 1.29 is 14.0 Å². The molecule has 126 valence electrons. The minimum Gasteiger partial charge on any atom is -0.323 e. The lowest BCUT2D eigenvalue weighted by Crippen LogP contribution is -2.36. The normalized spacial score (nSPS) is 10.4. The molecule has 0 atom stereocenters. The van der Waals surface area contributed by atoms with Crippen molar-refractivity contribution in [2.24, 2.45) is 0 Å². The van der Waals surface area contributed by atoms with Gasteiger partial charge in [0, 0.05) is 17.6 Å². The van der Waals surface area contributed by atoms with Crippen LogP contribution in [-0.4, -0.2) is 18.4 Å². The Labute approximate surface area is 153 Å². The monoisotopic (exact) mass is 388 g/mol. The van der Waals surface area contributed by atoms with E-state index in [1.807, 2.05) is 0 Å². The van der Waals surface area contributed by atoms with Crippen LogP contribution < -0.4 is 10.2 Å². The third-order valence-electron chi connectivity index (χ3n) is 3.10. The Kier molecular flexibility index (Phi) is 6.04. The summed E-state index contributed by atoms with van der Waals surface area (Å²) < 4.78 is 13.3. The fourth-order valence-electron chi connectivity index (χ4n) is 1.96. The summed E-state index contributed by atoms with van der Waals surface area (Å²) in [7, 11) is 0. The Hall–Kier alpha value is -1.82. The minimum atomic E-state index is -0.612. The van der Waals surface area contributed by atoms with E-state index in [-0.39, 0.29) is 11.6 Å². The summed E-state index contributed by atoms with van der Waals surface area (Å²) in [6, 6.07) is 8.39. The van der Waals surface area contributed by atoms with Gasteiger partial charge in [0.1, 0.15) is 12.4 Å². The zero-order chi connectivity index (χ0) is 17.9. The highest BCUT2D eigenvalue weighted by molar-refractivity contribution is 6.35. The maximum atomic E-state index is 13.3. The Morgan fingerprint density at radius 2 is 1.79 bits per heavy atom. The first kappa shape index (κ1) is 18.5. The van der Waals surface area contributed by atoms with Gasteiger partial charge in [-0.25, -0.2) is 4.39 Å². The van der Waals surface area contributed by atoms with Gasteiger partial charge in [0.2, 0.25) is 11.8 Å². The molecule has 0 aliphatic heterocycles. The maximum Gasteiger partial charge on any atom is 0.244 e. The molecule has 24 heavy (non-hydrogen) atoms. The number of halogens is 4. The van der Waals surface area contributed by atoms with E-state index in [4.69, 9.17) is 34.8 Å². The number of nitrogens with one attached hydrogen (secondary N) is 1. The van der Waals surface area contributed by atoms with Crippen LogP contribution in [-0.2, 0) is 9.59 Å². The van der Waals surface area contributed by atoms with Crippen LogP contribution in [0.15, 0.2) is 36.4 Å². The Morgan fingerprint density at radius 3 is 2.42 bits per heavy atom. The van der Waals surface area contributed by atoms with Crippen molar-refractivity contribution in [3.63, 3.8) is 0 Å². The van der Waals surface area contributed by atoms with E-state index in [9.17, 15) is 14.0 Å². The topological polar surface area (TPSA) is 49.4 Å².